The molecule has 1 atom stereocenters. The van der Waals surface area contributed by atoms with E-state index < -0.39 is 10.0 Å². The third kappa shape index (κ3) is 6.00. The maximum absolute atomic E-state index is 11.7. The molecule has 0 unspecified atom stereocenters. The normalized spacial score (nSPS) is 18.1. The zero-order valence-corrected chi connectivity index (χ0v) is 13.1. The number of hydrogen-bond acceptors (Lipinski definition) is 4. The zero-order chi connectivity index (χ0) is 16.0. The molecule has 2 rings (SSSR count). The first-order valence-electron chi connectivity index (χ1n) is 7.14. The Labute approximate surface area is 130 Å². The van der Waals surface area contributed by atoms with Gasteiger partial charge in [0, 0.05) is 19.7 Å². The minimum Gasteiger partial charge on any atom is -0.376 e. The molecule has 0 aromatic heterocycles. The molecule has 0 aliphatic carbocycles. The second-order valence-corrected chi connectivity index (χ2v) is 6.94. The number of nitrogens with one attached hydrogen (secondary N) is 2. The summed E-state index contributed by atoms with van der Waals surface area (Å²) in [4.78, 5) is 11.7. The molecule has 1 heterocycles. The van der Waals surface area contributed by atoms with Gasteiger partial charge in [0.05, 0.1) is 11.9 Å². The van der Waals surface area contributed by atoms with Crippen LogP contribution in [0.3, 0.4) is 0 Å². The molecular formula is C14H21N3O4S. The Bertz CT molecular complexity index is 595. The molecule has 22 heavy (non-hydrogen) atoms. The van der Waals surface area contributed by atoms with Gasteiger partial charge in [-0.2, -0.15) is 0 Å². The van der Waals surface area contributed by atoms with Crippen LogP contribution in [0.4, 0.5) is 4.79 Å². The molecule has 0 spiro atoms. The van der Waals surface area contributed by atoms with Crippen LogP contribution in [0.15, 0.2) is 24.3 Å². The molecule has 8 heteroatoms. The Balaban J connectivity index is 1.72. The van der Waals surface area contributed by atoms with Crippen molar-refractivity contribution in [3.05, 3.63) is 35.4 Å². The number of carbonyl (C=O) groups is 1. The van der Waals surface area contributed by atoms with Crippen molar-refractivity contribution < 1.29 is 17.9 Å². The summed E-state index contributed by atoms with van der Waals surface area (Å²) < 4.78 is 27.4. The monoisotopic (exact) mass is 327 g/mol. The Morgan fingerprint density at radius 1 is 1.23 bits per heavy atom. The molecule has 1 aliphatic rings. The number of amides is 2. The molecule has 1 aromatic rings. The van der Waals surface area contributed by atoms with E-state index >= 15 is 0 Å². The summed E-state index contributed by atoms with van der Waals surface area (Å²) in [5, 5.41) is 10.5. The van der Waals surface area contributed by atoms with Gasteiger partial charge in [0.1, 0.15) is 0 Å². The van der Waals surface area contributed by atoms with Gasteiger partial charge in [0.25, 0.3) is 0 Å². The molecule has 7 nitrogen and oxygen atoms in total. The predicted molar refractivity (Wildman–Crippen MR) is 82.5 cm³/mol. The van der Waals surface area contributed by atoms with Crippen molar-refractivity contribution >= 4 is 16.1 Å². The van der Waals surface area contributed by atoms with Gasteiger partial charge in [-0.15, -0.1) is 0 Å². The van der Waals surface area contributed by atoms with Crippen LogP contribution in [0.5, 0.6) is 0 Å². The lowest BCUT2D eigenvalue weighted by atomic mass is 10.1. The first kappa shape index (κ1) is 16.7. The maximum Gasteiger partial charge on any atom is 0.315 e. The van der Waals surface area contributed by atoms with Crippen molar-refractivity contribution in [2.75, 3.05) is 13.2 Å². The average Bonchev–Trinajstić information content (AvgIpc) is 2.96. The topological polar surface area (TPSA) is 111 Å². The van der Waals surface area contributed by atoms with Crippen molar-refractivity contribution in [1.29, 1.82) is 0 Å². The number of ether oxygens (including phenoxy) is 1. The fourth-order valence-corrected chi connectivity index (χ4v) is 2.90. The van der Waals surface area contributed by atoms with Gasteiger partial charge in [-0.3, -0.25) is 0 Å². The van der Waals surface area contributed by atoms with E-state index in [1.807, 2.05) is 0 Å². The average molecular weight is 327 g/mol. The molecule has 0 bridgehead atoms. The summed E-state index contributed by atoms with van der Waals surface area (Å²) in [6, 6.07) is 6.66. The summed E-state index contributed by atoms with van der Waals surface area (Å²) in [5.41, 5.74) is 1.50. The lowest BCUT2D eigenvalue weighted by Crippen LogP contribution is -2.39. The molecule has 1 fully saturated rings. The molecule has 0 radical (unpaired) electrons. The fourth-order valence-electron chi connectivity index (χ4n) is 2.24. The Kier molecular flexibility index (Phi) is 5.76. The molecule has 0 saturated carbocycles. The number of hydrogen-bond donors (Lipinski definition) is 3. The van der Waals surface area contributed by atoms with Gasteiger partial charge in [-0.05, 0) is 24.0 Å². The molecule has 4 N–H and O–H groups in total. The first-order chi connectivity index (χ1) is 10.4. The minimum atomic E-state index is -3.52. The number of sulfonamides is 1. The number of rotatable bonds is 6. The Morgan fingerprint density at radius 3 is 2.50 bits per heavy atom. The molecule has 1 aromatic carbocycles. The zero-order valence-electron chi connectivity index (χ0n) is 12.2. The molecular weight excluding hydrogens is 306 g/mol. The molecule has 1 aliphatic heterocycles. The highest BCUT2D eigenvalue weighted by Gasteiger charge is 2.15. The summed E-state index contributed by atoms with van der Waals surface area (Å²) >= 11 is 0. The van der Waals surface area contributed by atoms with Crippen LogP contribution in [0.25, 0.3) is 0 Å². The van der Waals surface area contributed by atoms with E-state index in [2.05, 4.69) is 10.6 Å². The van der Waals surface area contributed by atoms with Crippen LogP contribution >= 0.6 is 0 Å². The lowest BCUT2D eigenvalue weighted by Gasteiger charge is -2.12. The van der Waals surface area contributed by atoms with Crippen LogP contribution < -0.4 is 15.8 Å². The van der Waals surface area contributed by atoms with Gasteiger partial charge >= 0.3 is 6.03 Å². The van der Waals surface area contributed by atoms with Crippen molar-refractivity contribution in [2.45, 2.75) is 31.2 Å². The standard InChI is InChI=1S/C14H21N3O4S/c15-22(19,20)10-12-5-3-11(4-6-12)8-16-14(18)17-9-13-2-1-7-21-13/h3-6,13H,1-2,7-10H2,(H2,15,19,20)(H2,16,17,18)/t13-/m1/s1. The Hall–Kier alpha value is -1.64. The predicted octanol–water partition coefficient (Wildman–Crippen LogP) is 0.453. The van der Waals surface area contributed by atoms with Crippen molar-refractivity contribution in [3.63, 3.8) is 0 Å². The summed E-state index contributed by atoms with van der Waals surface area (Å²) in [7, 11) is -3.52. The van der Waals surface area contributed by atoms with E-state index in [1.165, 1.54) is 0 Å². The maximum atomic E-state index is 11.7. The van der Waals surface area contributed by atoms with Gasteiger partial charge < -0.3 is 15.4 Å². The van der Waals surface area contributed by atoms with E-state index in [9.17, 15) is 13.2 Å². The molecule has 2 amide bonds. The van der Waals surface area contributed by atoms with Crippen molar-refractivity contribution in [3.8, 4) is 0 Å². The van der Waals surface area contributed by atoms with Crippen LogP contribution in [0.2, 0.25) is 0 Å². The van der Waals surface area contributed by atoms with E-state index in [0.717, 1.165) is 25.0 Å². The van der Waals surface area contributed by atoms with Crippen LogP contribution in [0.1, 0.15) is 24.0 Å². The number of carbonyl (C=O) groups excluding carboxylic acids is 1. The summed E-state index contributed by atoms with van der Waals surface area (Å²) in [6.07, 6.45) is 2.13. The van der Waals surface area contributed by atoms with Crippen LogP contribution in [-0.2, 0) is 27.1 Å². The number of nitrogens with two attached hydrogens (primary N) is 1. The van der Waals surface area contributed by atoms with Crippen molar-refractivity contribution in [1.82, 2.24) is 10.6 Å². The van der Waals surface area contributed by atoms with Gasteiger partial charge in [0.15, 0.2) is 0 Å². The number of urea groups is 1. The molecule has 122 valence electrons. The van der Waals surface area contributed by atoms with E-state index in [0.29, 0.717) is 18.7 Å². The molecule has 1 saturated heterocycles. The second kappa shape index (κ2) is 7.57. The van der Waals surface area contributed by atoms with E-state index in [1.54, 1.807) is 24.3 Å². The Morgan fingerprint density at radius 2 is 1.91 bits per heavy atom. The number of benzene rings is 1. The van der Waals surface area contributed by atoms with Crippen LogP contribution in [-0.4, -0.2) is 33.7 Å². The fraction of sp³-hybridized carbons (Fsp3) is 0.500. The number of primary sulfonamides is 1. The third-order valence-corrected chi connectivity index (χ3v) is 4.09. The van der Waals surface area contributed by atoms with Crippen molar-refractivity contribution in [2.24, 2.45) is 5.14 Å². The van der Waals surface area contributed by atoms with Gasteiger partial charge in [-0.25, -0.2) is 18.4 Å². The second-order valence-electron chi connectivity index (χ2n) is 5.32. The quantitative estimate of drug-likeness (QED) is 0.704. The summed E-state index contributed by atoms with van der Waals surface area (Å²) in [5.74, 6) is -0.192. The minimum absolute atomic E-state index is 0.114. The first-order valence-corrected chi connectivity index (χ1v) is 8.85. The summed E-state index contributed by atoms with van der Waals surface area (Å²) in [6.45, 7) is 1.64. The van der Waals surface area contributed by atoms with Gasteiger partial charge in [-0.1, -0.05) is 24.3 Å². The SMILES string of the molecule is NS(=O)(=O)Cc1ccc(CNC(=O)NC[C@H]2CCCO2)cc1. The highest BCUT2D eigenvalue weighted by Crippen LogP contribution is 2.10. The third-order valence-electron chi connectivity index (χ3n) is 3.36. The van der Waals surface area contributed by atoms with E-state index in [-0.39, 0.29) is 17.9 Å². The lowest BCUT2D eigenvalue weighted by molar-refractivity contribution is 0.111. The van der Waals surface area contributed by atoms with Crippen LogP contribution in [0, 0.1) is 0 Å². The highest BCUT2D eigenvalue weighted by molar-refractivity contribution is 7.88. The van der Waals surface area contributed by atoms with E-state index in [4.69, 9.17) is 9.88 Å². The smallest absolute Gasteiger partial charge is 0.315 e. The largest absolute Gasteiger partial charge is 0.376 e. The highest BCUT2D eigenvalue weighted by atomic mass is 32.2. The van der Waals surface area contributed by atoms with Gasteiger partial charge in [0.2, 0.25) is 10.0 Å².